The average Bonchev–Trinajstić information content (AvgIpc) is 2.60. The van der Waals surface area contributed by atoms with Crippen LogP contribution in [0.15, 0.2) is 75.8 Å². The third kappa shape index (κ3) is 3.54. The van der Waals surface area contributed by atoms with Crippen molar-refractivity contribution in [3.63, 3.8) is 0 Å². The van der Waals surface area contributed by atoms with Crippen LogP contribution in [0.3, 0.4) is 0 Å². The van der Waals surface area contributed by atoms with Gasteiger partial charge in [0, 0.05) is 10.3 Å². The first-order valence-corrected chi connectivity index (χ1v) is 8.62. The van der Waals surface area contributed by atoms with Gasteiger partial charge < -0.3 is 5.11 Å². The highest BCUT2D eigenvalue weighted by molar-refractivity contribution is 7.99. The van der Waals surface area contributed by atoms with E-state index in [1.807, 2.05) is 48.5 Å². The fraction of sp³-hybridized carbons (Fsp3) is 0.158. The Hall–Kier alpha value is -2.33. The zero-order valence-electron chi connectivity index (χ0n) is 12.9. The van der Waals surface area contributed by atoms with Crippen LogP contribution in [-0.2, 0) is 0 Å². The van der Waals surface area contributed by atoms with Crippen LogP contribution in [0.25, 0.3) is 10.8 Å². The Morgan fingerprint density at radius 2 is 1.70 bits per heavy atom. The van der Waals surface area contributed by atoms with Crippen molar-refractivity contribution in [2.45, 2.75) is 18.2 Å². The molecule has 0 radical (unpaired) electrons. The minimum absolute atomic E-state index is 0.145. The standard InChI is InChI=1S/C19H18N2OS/c1-2-13-23-18-10-6-5-9-16(18)20-21-19-15-8-4-3-7-14(15)11-12-17(19)22/h3-12,22H,2,13H2,1H3. The molecule has 0 amide bonds. The molecule has 23 heavy (non-hydrogen) atoms. The summed E-state index contributed by atoms with van der Waals surface area (Å²) in [5.41, 5.74) is 1.34. The topological polar surface area (TPSA) is 45.0 Å². The summed E-state index contributed by atoms with van der Waals surface area (Å²) in [4.78, 5) is 1.11. The van der Waals surface area contributed by atoms with Gasteiger partial charge in [-0.25, -0.2) is 0 Å². The van der Waals surface area contributed by atoms with Crippen LogP contribution in [0.2, 0.25) is 0 Å². The Morgan fingerprint density at radius 3 is 2.57 bits per heavy atom. The van der Waals surface area contributed by atoms with Gasteiger partial charge in [-0.05, 0) is 35.8 Å². The Balaban J connectivity index is 1.99. The third-order valence-electron chi connectivity index (χ3n) is 3.46. The quantitative estimate of drug-likeness (QED) is 0.432. The minimum atomic E-state index is 0.145. The Kier molecular flexibility index (Phi) is 4.93. The zero-order chi connectivity index (χ0) is 16.1. The molecule has 3 aromatic carbocycles. The van der Waals surface area contributed by atoms with Crippen LogP contribution in [-0.4, -0.2) is 10.9 Å². The second-order valence-electron chi connectivity index (χ2n) is 5.17. The van der Waals surface area contributed by atoms with E-state index in [2.05, 4.69) is 23.2 Å². The molecule has 3 aromatic rings. The molecule has 0 aliphatic rings. The van der Waals surface area contributed by atoms with E-state index in [1.165, 1.54) is 0 Å². The summed E-state index contributed by atoms with van der Waals surface area (Å²) in [5.74, 6) is 1.19. The molecule has 0 atom stereocenters. The number of hydrogen-bond donors (Lipinski definition) is 1. The van der Waals surface area contributed by atoms with E-state index in [9.17, 15) is 5.11 Å². The van der Waals surface area contributed by atoms with E-state index in [0.717, 1.165) is 33.5 Å². The van der Waals surface area contributed by atoms with Crippen molar-refractivity contribution in [1.82, 2.24) is 0 Å². The van der Waals surface area contributed by atoms with Gasteiger partial charge in [-0.15, -0.1) is 22.0 Å². The first kappa shape index (κ1) is 15.6. The van der Waals surface area contributed by atoms with Crippen LogP contribution in [0, 0.1) is 0 Å². The van der Waals surface area contributed by atoms with E-state index in [0.29, 0.717) is 5.69 Å². The molecule has 0 spiro atoms. The van der Waals surface area contributed by atoms with Gasteiger partial charge in [-0.1, -0.05) is 49.4 Å². The maximum absolute atomic E-state index is 10.1. The van der Waals surface area contributed by atoms with Crippen molar-refractivity contribution < 1.29 is 5.11 Å². The van der Waals surface area contributed by atoms with Gasteiger partial charge in [0.05, 0.1) is 5.69 Å². The summed E-state index contributed by atoms with van der Waals surface area (Å²) < 4.78 is 0. The smallest absolute Gasteiger partial charge is 0.143 e. The second kappa shape index (κ2) is 7.29. The number of nitrogens with zero attached hydrogens (tertiary/aromatic N) is 2. The van der Waals surface area contributed by atoms with Gasteiger partial charge in [-0.2, -0.15) is 0 Å². The molecule has 4 heteroatoms. The first-order chi connectivity index (χ1) is 11.3. The van der Waals surface area contributed by atoms with Crippen molar-refractivity contribution in [2.75, 3.05) is 5.75 Å². The number of hydrogen-bond acceptors (Lipinski definition) is 4. The largest absolute Gasteiger partial charge is 0.506 e. The van der Waals surface area contributed by atoms with Crippen molar-refractivity contribution in [3.05, 3.63) is 60.7 Å². The van der Waals surface area contributed by atoms with Crippen LogP contribution in [0.5, 0.6) is 5.75 Å². The molecule has 0 bridgehead atoms. The number of thioether (sulfide) groups is 1. The molecular formula is C19H18N2OS. The SMILES string of the molecule is CCCSc1ccccc1N=Nc1c(O)ccc2ccccc12. The summed E-state index contributed by atoms with van der Waals surface area (Å²) in [6.07, 6.45) is 1.11. The fourth-order valence-corrected chi connectivity index (χ4v) is 3.18. The molecular weight excluding hydrogens is 304 g/mol. The lowest BCUT2D eigenvalue weighted by molar-refractivity contribution is 0.477. The molecule has 0 aliphatic carbocycles. The number of phenols is 1. The van der Waals surface area contributed by atoms with Gasteiger partial charge in [0.1, 0.15) is 11.4 Å². The number of aromatic hydroxyl groups is 1. The van der Waals surface area contributed by atoms with E-state index in [1.54, 1.807) is 17.8 Å². The maximum atomic E-state index is 10.1. The highest BCUT2D eigenvalue weighted by Gasteiger charge is 2.07. The van der Waals surface area contributed by atoms with Gasteiger partial charge in [-0.3, -0.25) is 0 Å². The summed E-state index contributed by atoms with van der Waals surface area (Å²) in [6, 6.07) is 19.4. The summed E-state index contributed by atoms with van der Waals surface area (Å²) >= 11 is 1.77. The molecule has 0 saturated heterocycles. The van der Waals surface area contributed by atoms with Crippen molar-refractivity contribution in [1.29, 1.82) is 0 Å². The summed E-state index contributed by atoms with van der Waals surface area (Å²) in [5, 5.41) is 20.8. The molecule has 3 nitrogen and oxygen atoms in total. The van der Waals surface area contributed by atoms with Crippen molar-refractivity contribution in [2.24, 2.45) is 10.2 Å². The number of phenolic OH excluding ortho intramolecular Hbond substituents is 1. The Labute approximate surface area is 140 Å². The molecule has 0 aromatic heterocycles. The fourth-order valence-electron chi connectivity index (χ4n) is 2.33. The molecule has 1 N–H and O–H groups in total. The Morgan fingerprint density at radius 1 is 0.913 bits per heavy atom. The van der Waals surface area contributed by atoms with Crippen LogP contribution >= 0.6 is 11.8 Å². The van der Waals surface area contributed by atoms with Crippen molar-refractivity contribution >= 4 is 33.9 Å². The molecule has 0 heterocycles. The summed E-state index contributed by atoms with van der Waals surface area (Å²) in [6.45, 7) is 2.16. The molecule has 116 valence electrons. The number of benzene rings is 3. The van der Waals surface area contributed by atoms with E-state index in [-0.39, 0.29) is 5.75 Å². The predicted molar refractivity (Wildman–Crippen MR) is 97.2 cm³/mol. The molecule has 0 fully saturated rings. The van der Waals surface area contributed by atoms with Gasteiger partial charge in [0.2, 0.25) is 0 Å². The van der Waals surface area contributed by atoms with E-state index in [4.69, 9.17) is 0 Å². The molecule has 0 saturated carbocycles. The van der Waals surface area contributed by atoms with Crippen LogP contribution in [0.1, 0.15) is 13.3 Å². The maximum Gasteiger partial charge on any atom is 0.143 e. The molecule has 0 unspecified atom stereocenters. The van der Waals surface area contributed by atoms with Gasteiger partial charge in [0.25, 0.3) is 0 Å². The number of fused-ring (bicyclic) bond motifs is 1. The monoisotopic (exact) mass is 322 g/mol. The second-order valence-corrected chi connectivity index (χ2v) is 6.31. The van der Waals surface area contributed by atoms with Crippen molar-refractivity contribution in [3.8, 4) is 5.75 Å². The lowest BCUT2D eigenvalue weighted by Crippen LogP contribution is -1.78. The van der Waals surface area contributed by atoms with E-state index >= 15 is 0 Å². The van der Waals surface area contributed by atoms with Gasteiger partial charge in [0.15, 0.2) is 0 Å². The zero-order valence-corrected chi connectivity index (χ0v) is 13.8. The van der Waals surface area contributed by atoms with E-state index < -0.39 is 0 Å². The third-order valence-corrected chi connectivity index (χ3v) is 4.73. The summed E-state index contributed by atoms with van der Waals surface area (Å²) in [7, 11) is 0. The predicted octanol–water partition coefficient (Wildman–Crippen LogP) is 6.46. The number of rotatable bonds is 5. The minimum Gasteiger partial charge on any atom is -0.506 e. The highest BCUT2D eigenvalue weighted by atomic mass is 32.2. The average molecular weight is 322 g/mol. The normalized spacial score (nSPS) is 11.3. The highest BCUT2D eigenvalue weighted by Crippen LogP contribution is 2.37. The first-order valence-electron chi connectivity index (χ1n) is 7.64. The number of azo groups is 1. The molecule has 0 aliphatic heterocycles. The van der Waals surface area contributed by atoms with Gasteiger partial charge >= 0.3 is 0 Å². The molecule has 3 rings (SSSR count). The Bertz CT molecular complexity index is 846. The lowest BCUT2D eigenvalue weighted by Gasteiger charge is -2.05. The lowest BCUT2D eigenvalue weighted by atomic mass is 10.1. The van der Waals surface area contributed by atoms with Crippen LogP contribution in [0.4, 0.5) is 11.4 Å². The van der Waals surface area contributed by atoms with Crippen LogP contribution < -0.4 is 0 Å².